The molecular weight excluding hydrogens is 226 g/mol. The number of anilines is 1. The normalized spacial score (nSPS) is 19.3. The van der Waals surface area contributed by atoms with E-state index in [1.54, 1.807) is 0 Å². The van der Waals surface area contributed by atoms with Crippen molar-refractivity contribution in [1.82, 2.24) is 9.78 Å². The Hall–Kier alpha value is -1.81. The highest BCUT2D eigenvalue weighted by atomic mass is 16.5. The molecule has 1 aliphatic heterocycles. The number of aromatic nitrogens is 2. The summed E-state index contributed by atoms with van der Waals surface area (Å²) >= 11 is 0. The molecule has 0 radical (unpaired) electrons. The van der Waals surface area contributed by atoms with E-state index in [-0.39, 0.29) is 0 Å². The van der Waals surface area contributed by atoms with Crippen molar-refractivity contribution in [2.24, 2.45) is 0 Å². The summed E-state index contributed by atoms with van der Waals surface area (Å²) in [4.78, 5) is 0. The first-order valence-corrected chi connectivity index (χ1v) is 6.24. The smallest absolute Gasteiger partial charge is 0.0912 e. The van der Waals surface area contributed by atoms with Gasteiger partial charge in [0.15, 0.2) is 0 Å². The molecule has 1 atom stereocenters. The minimum atomic E-state index is 0.344. The van der Waals surface area contributed by atoms with E-state index in [1.165, 1.54) is 5.56 Å². The zero-order chi connectivity index (χ0) is 12.5. The van der Waals surface area contributed by atoms with Gasteiger partial charge in [0.2, 0.25) is 0 Å². The quantitative estimate of drug-likeness (QED) is 0.880. The van der Waals surface area contributed by atoms with Gasteiger partial charge in [-0.2, -0.15) is 5.10 Å². The average Bonchev–Trinajstić information content (AvgIpc) is 2.99. The van der Waals surface area contributed by atoms with Crippen molar-refractivity contribution < 1.29 is 4.74 Å². The van der Waals surface area contributed by atoms with Gasteiger partial charge in [0.1, 0.15) is 0 Å². The molecule has 1 aromatic heterocycles. The van der Waals surface area contributed by atoms with Crippen LogP contribution in [0, 0.1) is 6.92 Å². The zero-order valence-corrected chi connectivity index (χ0v) is 10.5. The second-order valence-electron chi connectivity index (χ2n) is 4.81. The van der Waals surface area contributed by atoms with Crippen LogP contribution >= 0.6 is 0 Å². The predicted molar refractivity (Wildman–Crippen MR) is 70.9 cm³/mol. The van der Waals surface area contributed by atoms with E-state index >= 15 is 0 Å². The highest BCUT2D eigenvalue weighted by molar-refractivity contribution is 5.46. The summed E-state index contributed by atoms with van der Waals surface area (Å²) in [7, 11) is 0. The molecule has 4 heteroatoms. The number of nitrogens with zero attached hydrogens (tertiary/aromatic N) is 2. The highest BCUT2D eigenvalue weighted by Crippen LogP contribution is 2.28. The summed E-state index contributed by atoms with van der Waals surface area (Å²) < 4.78 is 7.24. The lowest BCUT2D eigenvalue weighted by atomic mass is 10.0. The molecule has 3 rings (SSSR count). The van der Waals surface area contributed by atoms with E-state index in [9.17, 15) is 0 Å². The number of hydrogen-bond donors (Lipinski definition) is 1. The standard InChI is InChI=1S/C14H17N3O/c1-10-2-4-12(5-3-10)17-8-13(15)14(16-17)11-6-7-18-9-11/h2-5,8,11H,6-7,9,15H2,1H3. The Kier molecular flexibility index (Phi) is 2.80. The van der Waals surface area contributed by atoms with Gasteiger partial charge in [-0.15, -0.1) is 0 Å². The van der Waals surface area contributed by atoms with Crippen LogP contribution in [0.5, 0.6) is 0 Å². The molecule has 1 unspecified atom stereocenters. The summed E-state index contributed by atoms with van der Waals surface area (Å²) in [6.07, 6.45) is 2.90. The SMILES string of the molecule is Cc1ccc(-n2cc(N)c(C3CCOC3)n2)cc1. The van der Waals surface area contributed by atoms with E-state index < -0.39 is 0 Å². The van der Waals surface area contributed by atoms with Gasteiger partial charge in [0.05, 0.1) is 29.9 Å². The zero-order valence-electron chi connectivity index (χ0n) is 10.5. The van der Waals surface area contributed by atoms with Crippen molar-refractivity contribution in [2.75, 3.05) is 18.9 Å². The van der Waals surface area contributed by atoms with Gasteiger partial charge >= 0.3 is 0 Å². The van der Waals surface area contributed by atoms with Crippen LogP contribution in [0.15, 0.2) is 30.5 Å². The molecule has 18 heavy (non-hydrogen) atoms. The Balaban J connectivity index is 1.94. The van der Waals surface area contributed by atoms with Gasteiger partial charge in [-0.3, -0.25) is 0 Å². The van der Waals surface area contributed by atoms with Crippen molar-refractivity contribution in [2.45, 2.75) is 19.3 Å². The van der Waals surface area contributed by atoms with Crippen LogP contribution in [0.1, 0.15) is 23.6 Å². The van der Waals surface area contributed by atoms with E-state index in [0.29, 0.717) is 5.92 Å². The van der Waals surface area contributed by atoms with Crippen molar-refractivity contribution in [3.63, 3.8) is 0 Å². The number of hydrogen-bond acceptors (Lipinski definition) is 3. The molecule has 2 aromatic rings. The van der Waals surface area contributed by atoms with E-state index in [4.69, 9.17) is 10.5 Å². The second-order valence-corrected chi connectivity index (χ2v) is 4.81. The van der Waals surface area contributed by atoms with Crippen LogP contribution in [0.3, 0.4) is 0 Å². The molecule has 2 heterocycles. The average molecular weight is 243 g/mol. The summed E-state index contributed by atoms with van der Waals surface area (Å²) in [6, 6.07) is 8.25. The predicted octanol–water partition coefficient (Wildman–Crippen LogP) is 2.27. The molecule has 0 aliphatic carbocycles. The summed E-state index contributed by atoms with van der Waals surface area (Å²) in [5, 5.41) is 4.60. The number of rotatable bonds is 2. The van der Waals surface area contributed by atoms with Crippen molar-refractivity contribution in [3.05, 3.63) is 41.7 Å². The van der Waals surface area contributed by atoms with Crippen molar-refractivity contribution in [1.29, 1.82) is 0 Å². The molecule has 2 N–H and O–H groups in total. The highest BCUT2D eigenvalue weighted by Gasteiger charge is 2.23. The molecular formula is C14H17N3O. The minimum absolute atomic E-state index is 0.344. The summed E-state index contributed by atoms with van der Waals surface area (Å²) in [6.45, 7) is 3.61. The first kappa shape index (κ1) is 11.3. The van der Waals surface area contributed by atoms with Gasteiger partial charge in [0, 0.05) is 12.5 Å². The maximum atomic E-state index is 6.05. The fraction of sp³-hybridized carbons (Fsp3) is 0.357. The van der Waals surface area contributed by atoms with Crippen LogP contribution in [-0.2, 0) is 4.74 Å². The number of benzene rings is 1. The Labute approximate surface area is 106 Å². The van der Waals surface area contributed by atoms with Crippen LogP contribution in [0.2, 0.25) is 0 Å². The Morgan fingerprint density at radius 1 is 1.33 bits per heavy atom. The second kappa shape index (κ2) is 4.46. The topological polar surface area (TPSA) is 53.1 Å². The largest absolute Gasteiger partial charge is 0.396 e. The summed E-state index contributed by atoms with van der Waals surface area (Å²) in [5.41, 5.74) is 10.0. The van der Waals surface area contributed by atoms with Crippen LogP contribution in [0.25, 0.3) is 5.69 Å². The van der Waals surface area contributed by atoms with Gasteiger partial charge in [0.25, 0.3) is 0 Å². The third-order valence-corrected chi connectivity index (χ3v) is 3.39. The molecule has 4 nitrogen and oxygen atoms in total. The first-order valence-electron chi connectivity index (χ1n) is 6.24. The molecule has 0 saturated carbocycles. The number of ether oxygens (including phenoxy) is 1. The molecule has 0 bridgehead atoms. The Bertz CT molecular complexity index is 539. The monoisotopic (exact) mass is 243 g/mol. The Morgan fingerprint density at radius 3 is 2.78 bits per heavy atom. The lowest BCUT2D eigenvalue weighted by Crippen LogP contribution is -2.03. The molecule has 1 fully saturated rings. The van der Waals surface area contributed by atoms with Gasteiger partial charge < -0.3 is 10.5 Å². The van der Waals surface area contributed by atoms with Crippen molar-refractivity contribution >= 4 is 5.69 Å². The van der Waals surface area contributed by atoms with Gasteiger partial charge in [-0.25, -0.2) is 4.68 Å². The Morgan fingerprint density at radius 2 is 2.11 bits per heavy atom. The third kappa shape index (κ3) is 1.99. The molecule has 0 spiro atoms. The minimum Gasteiger partial charge on any atom is -0.396 e. The molecule has 0 amide bonds. The number of nitrogens with two attached hydrogens (primary N) is 1. The lowest BCUT2D eigenvalue weighted by molar-refractivity contribution is 0.193. The number of aryl methyl sites for hydroxylation is 1. The van der Waals surface area contributed by atoms with E-state index in [2.05, 4.69) is 36.3 Å². The van der Waals surface area contributed by atoms with Crippen LogP contribution < -0.4 is 5.73 Å². The molecule has 1 saturated heterocycles. The third-order valence-electron chi connectivity index (χ3n) is 3.39. The summed E-state index contributed by atoms with van der Waals surface area (Å²) in [5.74, 6) is 0.344. The van der Waals surface area contributed by atoms with Gasteiger partial charge in [-0.05, 0) is 25.5 Å². The van der Waals surface area contributed by atoms with Crippen LogP contribution in [0.4, 0.5) is 5.69 Å². The lowest BCUT2D eigenvalue weighted by Gasteiger charge is -2.04. The first-order chi connectivity index (χ1) is 8.74. The number of nitrogen functional groups attached to an aromatic ring is 1. The van der Waals surface area contributed by atoms with Crippen molar-refractivity contribution in [3.8, 4) is 5.69 Å². The molecule has 1 aromatic carbocycles. The van der Waals surface area contributed by atoms with E-state index in [1.807, 2.05) is 10.9 Å². The molecule has 1 aliphatic rings. The molecule has 94 valence electrons. The van der Waals surface area contributed by atoms with E-state index in [0.717, 1.165) is 36.7 Å². The fourth-order valence-corrected chi connectivity index (χ4v) is 2.30. The maximum absolute atomic E-state index is 6.05. The fourth-order valence-electron chi connectivity index (χ4n) is 2.30. The maximum Gasteiger partial charge on any atom is 0.0912 e. The van der Waals surface area contributed by atoms with Gasteiger partial charge in [-0.1, -0.05) is 17.7 Å². The van der Waals surface area contributed by atoms with Crippen LogP contribution in [-0.4, -0.2) is 23.0 Å².